The predicted molar refractivity (Wildman–Crippen MR) is 88.5 cm³/mol. The first kappa shape index (κ1) is 23.8. The number of aliphatic hydroxyl groups excluding tert-OH is 8. The lowest BCUT2D eigenvalue weighted by Gasteiger charge is -2.49. The van der Waals surface area contributed by atoms with E-state index in [9.17, 15) is 40.9 Å². The van der Waals surface area contributed by atoms with Crippen LogP contribution in [0, 0.1) is 0 Å². The van der Waals surface area contributed by atoms with E-state index in [1.807, 2.05) is 0 Å². The molecule has 0 aromatic heterocycles. The van der Waals surface area contributed by atoms with Crippen LogP contribution in [0.2, 0.25) is 0 Å². The number of hydrogen-bond acceptors (Lipinski definition) is 12. The van der Waals surface area contributed by atoms with E-state index in [0.29, 0.717) is 6.42 Å². The number of unbranched alkanes of at least 4 members (excludes halogenated alkanes) is 1. The van der Waals surface area contributed by atoms with Crippen LogP contribution in [0.3, 0.4) is 0 Å². The van der Waals surface area contributed by atoms with Crippen molar-refractivity contribution in [1.82, 2.24) is 0 Å². The van der Waals surface area contributed by atoms with Crippen molar-refractivity contribution in [2.75, 3.05) is 19.8 Å². The maximum Gasteiger partial charge on any atom is 0.195 e. The second-order valence-corrected chi connectivity index (χ2v) is 7.10. The third kappa shape index (κ3) is 4.80. The summed E-state index contributed by atoms with van der Waals surface area (Å²) in [4.78, 5) is 0. The van der Waals surface area contributed by atoms with Gasteiger partial charge < -0.3 is 60.2 Å². The largest absolute Gasteiger partial charge is 0.396 e. The molecule has 2 aliphatic heterocycles. The highest BCUT2D eigenvalue weighted by Gasteiger charge is 2.55. The third-order valence-corrected chi connectivity index (χ3v) is 5.11. The molecule has 2 fully saturated rings. The molecule has 0 aliphatic carbocycles. The molecule has 2 saturated heterocycles. The van der Waals surface area contributed by atoms with Crippen molar-refractivity contribution in [3.05, 3.63) is 0 Å². The van der Waals surface area contributed by atoms with Crippen LogP contribution in [0.1, 0.15) is 19.3 Å². The second-order valence-electron chi connectivity index (χ2n) is 7.10. The van der Waals surface area contributed by atoms with Gasteiger partial charge in [0.05, 0.1) is 13.2 Å². The first-order valence-electron chi connectivity index (χ1n) is 9.14. The SMILES string of the molecule is OCCCCC1(O)O[C@H](CO)[C@@H](O[C@@H]2O[C@H](CO)[C@H](O)[C@H](O)[C@H]2O)[C@H](O)[C@H]1O. The lowest BCUT2D eigenvalue weighted by molar-refractivity contribution is -0.384. The topological polar surface area (TPSA) is 210 Å². The first-order valence-corrected chi connectivity index (χ1v) is 9.14. The molecule has 9 N–H and O–H groups in total. The minimum Gasteiger partial charge on any atom is -0.396 e. The highest BCUT2D eigenvalue weighted by molar-refractivity contribution is 4.98. The summed E-state index contributed by atoms with van der Waals surface area (Å²) >= 11 is 0. The molecular formula is C16H30O12. The summed E-state index contributed by atoms with van der Waals surface area (Å²) in [7, 11) is 0. The fourth-order valence-electron chi connectivity index (χ4n) is 3.41. The number of rotatable bonds is 8. The van der Waals surface area contributed by atoms with E-state index in [0.717, 1.165) is 0 Å². The molecule has 0 spiro atoms. The summed E-state index contributed by atoms with van der Waals surface area (Å²) in [6, 6.07) is 0. The van der Waals surface area contributed by atoms with Crippen molar-refractivity contribution < 1.29 is 60.2 Å². The molecule has 12 heteroatoms. The summed E-state index contributed by atoms with van der Waals surface area (Å²) in [5.41, 5.74) is 0. The minimum atomic E-state index is -2.20. The molecule has 2 rings (SSSR count). The van der Waals surface area contributed by atoms with Gasteiger partial charge in [-0.1, -0.05) is 0 Å². The predicted octanol–water partition coefficient (Wildman–Crippen LogP) is -4.86. The molecular weight excluding hydrogens is 384 g/mol. The number of ether oxygens (including phenoxy) is 3. The zero-order chi connectivity index (χ0) is 21.1. The summed E-state index contributed by atoms with van der Waals surface area (Å²) in [5.74, 6) is -2.20. The molecule has 2 heterocycles. The van der Waals surface area contributed by atoms with E-state index in [2.05, 4.69) is 0 Å². The molecule has 28 heavy (non-hydrogen) atoms. The van der Waals surface area contributed by atoms with Crippen molar-refractivity contribution in [2.24, 2.45) is 0 Å². The molecule has 0 bridgehead atoms. The Morgan fingerprint density at radius 2 is 1.43 bits per heavy atom. The van der Waals surface area contributed by atoms with Crippen molar-refractivity contribution in [1.29, 1.82) is 0 Å². The average Bonchev–Trinajstić information content (AvgIpc) is 2.68. The standard InChI is InChI=1S/C16H30O12/c17-4-2-1-3-16(25)14(24)12(23)13(8(6-19)28-16)27-15-11(22)10(21)9(20)7(5-18)26-15/h7-15,17-25H,1-6H2/t7-,8-,9+,10+,11-,12+,13-,14-,15+,16?/m1/s1. The maximum absolute atomic E-state index is 10.5. The fourth-order valence-corrected chi connectivity index (χ4v) is 3.41. The van der Waals surface area contributed by atoms with Crippen molar-refractivity contribution >= 4 is 0 Å². The van der Waals surface area contributed by atoms with Crippen LogP contribution in [0.5, 0.6) is 0 Å². The van der Waals surface area contributed by atoms with Gasteiger partial charge in [-0.05, 0) is 12.8 Å². The maximum atomic E-state index is 10.5. The van der Waals surface area contributed by atoms with Crippen LogP contribution in [0.4, 0.5) is 0 Å². The molecule has 12 nitrogen and oxygen atoms in total. The molecule has 1 unspecified atom stereocenters. The zero-order valence-corrected chi connectivity index (χ0v) is 15.2. The average molecular weight is 414 g/mol. The van der Waals surface area contributed by atoms with Gasteiger partial charge in [0.1, 0.15) is 48.8 Å². The van der Waals surface area contributed by atoms with Crippen molar-refractivity contribution in [3.63, 3.8) is 0 Å². The van der Waals surface area contributed by atoms with Gasteiger partial charge in [-0.2, -0.15) is 0 Å². The highest BCUT2D eigenvalue weighted by atomic mass is 16.7. The molecule has 0 aromatic rings. The van der Waals surface area contributed by atoms with Crippen molar-refractivity contribution in [3.8, 4) is 0 Å². The van der Waals surface area contributed by atoms with Crippen LogP contribution >= 0.6 is 0 Å². The smallest absolute Gasteiger partial charge is 0.195 e. The normalized spacial score (nSPS) is 47.2. The quantitative estimate of drug-likeness (QED) is 0.171. The van der Waals surface area contributed by atoms with Crippen LogP contribution in [0.25, 0.3) is 0 Å². The van der Waals surface area contributed by atoms with E-state index in [4.69, 9.17) is 19.3 Å². The van der Waals surface area contributed by atoms with Gasteiger partial charge in [-0.25, -0.2) is 0 Å². The Morgan fingerprint density at radius 1 is 0.786 bits per heavy atom. The van der Waals surface area contributed by atoms with Gasteiger partial charge in [0.25, 0.3) is 0 Å². The van der Waals surface area contributed by atoms with Crippen LogP contribution in [0.15, 0.2) is 0 Å². The van der Waals surface area contributed by atoms with Crippen molar-refractivity contribution in [2.45, 2.75) is 80.2 Å². The van der Waals surface area contributed by atoms with Crippen LogP contribution < -0.4 is 0 Å². The Balaban J connectivity index is 2.12. The van der Waals surface area contributed by atoms with Gasteiger partial charge in [-0.3, -0.25) is 0 Å². The fraction of sp³-hybridized carbons (Fsp3) is 1.00. The van der Waals surface area contributed by atoms with Gasteiger partial charge in [-0.15, -0.1) is 0 Å². The lowest BCUT2D eigenvalue weighted by Crippen LogP contribution is -2.68. The van der Waals surface area contributed by atoms with Gasteiger partial charge in [0.2, 0.25) is 0 Å². The van der Waals surface area contributed by atoms with Gasteiger partial charge in [0, 0.05) is 13.0 Å². The minimum absolute atomic E-state index is 0.130. The number of aliphatic hydroxyl groups is 9. The Hall–Kier alpha value is -0.480. The zero-order valence-electron chi connectivity index (χ0n) is 15.2. The lowest BCUT2D eigenvalue weighted by atomic mass is 9.89. The Bertz CT molecular complexity index is 477. The second kappa shape index (κ2) is 10.0. The summed E-state index contributed by atoms with van der Waals surface area (Å²) < 4.78 is 15.9. The Morgan fingerprint density at radius 3 is 2.00 bits per heavy atom. The highest BCUT2D eigenvalue weighted by Crippen LogP contribution is 2.35. The number of hydrogen-bond donors (Lipinski definition) is 9. The summed E-state index contributed by atoms with van der Waals surface area (Å²) in [6.45, 7) is -1.56. The van der Waals surface area contributed by atoms with E-state index in [-0.39, 0.29) is 19.4 Å². The molecule has 0 saturated carbocycles. The van der Waals surface area contributed by atoms with Gasteiger partial charge >= 0.3 is 0 Å². The molecule has 0 aromatic carbocycles. The Labute approximate surface area is 161 Å². The molecule has 2 aliphatic rings. The summed E-state index contributed by atoms with van der Waals surface area (Å²) in [5, 5.41) is 88.5. The molecule has 0 amide bonds. The Kier molecular flexibility index (Phi) is 8.51. The summed E-state index contributed by atoms with van der Waals surface area (Å²) in [6.07, 6.45) is -13.9. The monoisotopic (exact) mass is 414 g/mol. The van der Waals surface area contributed by atoms with Crippen LogP contribution in [-0.4, -0.2) is 127 Å². The van der Waals surface area contributed by atoms with Crippen LogP contribution in [-0.2, 0) is 14.2 Å². The van der Waals surface area contributed by atoms with Gasteiger partial charge in [0.15, 0.2) is 12.1 Å². The molecule has 10 atom stereocenters. The van der Waals surface area contributed by atoms with E-state index >= 15 is 0 Å². The van der Waals surface area contributed by atoms with E-state index in [1.54, 1.807) is 0 Å². The molecule has 166 valence electrons. The molecule has 0 radical (unpaired) electrons. The van der Waals surface area contributed by atoms with E-state index in [1.165, 1.54) is 0 Å². The first-order chi connectivity index (χ1) is 13.2. The third-order valence-electron chi connectivity index (χ3n) is 5.11. The van der Waals surface area contributed by atoms with E-state index < -0.39 is 74.1 Å².